The van der Waals surface area contributed by atoms with Crippen LogP contribution in [0.1, 0.15) is 74.5 Å². The van der Waals surface area contributed by atoms with Crippen molar-refractivity contribution >= 4 is 28.5 Å². The molecule has 2 aromatic carbocycles. The third-order valence-corrected chi connectivity index (χ3v) is 6.97. The molecule has 1 N–H and O–H groups in total. The number of rotatable bonds is 6. The highest BCUT2D eigenvalue weighted by Crippen LogP contribution is 2.34. The van der Waals surface area contributed by atoms with Crippen LogP contribution in [0.3, 0.4) is 0 Å². The highest BCUT2D eigenvalue weighted by Gasteiger charge is 2.29. The lowest BCUT2D eigenvalue weighted by atomic mass is 9.82. The second-order valence-electron chi connectivity index (χ2n) is 11.9. The highest BCUT2D eigenvalue weighted by molar-refractivity contribution is 5.95. The molecule has 1 fully saturated rings. The minimum Gasteiger partial charge on any atom is -0.456 e. The first-order valence-electron chi connectivity index (χ1n) is 13.2. The minimum atomic E-state index is -0.591. The van der Waals surface area contributed by atoms with Gasteiger partial charge in [0.15, 0.2) is 5.56 Å². The van der Waals surface area contributed by atoms with Gasteiger partial charge >= 0.3 is 5.97 Å². The van der Waals surface area contributed by atoms with E-state index in [4.69, 9.17) is 9.15 Å². The summed E-state index contributed by atoms with van der Waals surface area (Å²) in [6.07, 6.45) is 2.48. The van der Waals surface area contributed by atoms with E-state index in [9.17, 15) is 14.9 Å². The van der Waals surface area contributed by atoms with Gasteiger partial charge in [-0.3, -0.25) is 4.79 Å². The van der Waals surface area contributed by atoms with Gasteiger partial charge in [0.25, 0.3) is 0 Å². The molecule has 1 aliphatic heterocycles. The Kier molecular flexibility index (Phi) is 7.55. The molecule has 1 aromatic heterocycles. The van der Waals surface area contributed by atoms with Crippen LogP contribution in [0.15, 0.2) is 45.6 Å². The van der Waals surface area contributed by atoms with Crippen LogP contribution in [0.2, 0.25) is 0 Å². The van der Waals surface area contributed by atoms with Crippen LogP contribution in [-0.4, -0.2) is 31.2 Å². The molecule has 3 aromatic rings. The average Bonchev–Trinajstić information content (AvgIpc) is 2.83. The molecule has 0 radical (unpaired) electrons. The summed E-state index contributed by atoms with van der Waals surface area (Å²) in [5, 5.41) is 13.6. The van der Waals surface area contributed by atoms with Crippen molar-refractivity contribution in [2.45, 2.75) is 66.4 Å². The molecule has 2 heterocycles. The summed E-state index contributed by atoms with van der Waals surface area (Å²) < 4.78 is 11.9. The first-order chi connectivity index (χ1) is 17.9. The number of hydrogen-bond donors (Lipinski definition) is 1. The molecule has 0 bridgehead atoms. The summed E-state index contributed by atoms with van der Waals surface area (Å²) in [7, 11) is 0. The second-order valence-corrected chi connectivity index (χ2v) is 11.9. The van der Waals surface area contributed by atoms with E-state index in [-0.39, 0.29) is 22.4 Å². The summed E-state index contributed by atoms with van der Waals surface area (Å²) >= 11 is 0. The van der Waals surface area contributed by atoms with Crippen LogP contribution in [0.5, 0.6) is 0 Å². The Bertz CT molecular complexity index is 1450. The predicted octanol–water partition coefficient (Wildman–Crippen LogP) is 6.21. The van der Waals surface area contributed by atoms with E-state index < -0.39 is 5.60 Å². The van der Waals surface area contributed by atoms with Gasteiger partial charge in [0.05, 0.1) is 10.9 Å². The molecule has 1 saturated heterocycles. The van der Waals surface area contributed by atoms with Gasteiger partial charge in [0.1, 0.15) is 17.3 Å². The van der Waals surface area contributed by atoms with E-state index in [2.05, 4.69) is 25.2 Å². The first-order valence-corrected chi connectivity index (χ1v) is 13.2. The van der Waals surface area contributed by atoms with Crippen LogP contribution in [0.4, 0.5) is 11.6 Å². The van der Waals surface area contributed by atoms with Crippen molar-refractivity contribution in [1.29, 1.82) is 5.26 Å². The maximum absolute atomic E-state index is 13.4. The Balaban J connectivity index is 1.63. The third-order valence-electron chi connectivity index (χ3n) is 6.97. The summed E-state index contributed by atoms with van der Waals surface area (Å²) in [4.78, 5) is 28.2. The second kappa shape index (κ2) is 10.5. The van der Waals surface area contributed by atoms with E-state index in [0.717, 1.165) is 37.1 Å². The van der Waals surface area contributed by atoms with E-state index in [1.165, 1.54) is 0 Å². The van der Waals surface area contributed by atoms with Crippen molar-refractivity contribution in [3.63, 3.8) is 0 Å². The number of anilines is 2. The quantitative estimate of drug-likeness (QED) is 0.390. The third kappa shape index (κ3) is 6.02. The molecule has 7 nitrogen and oxygen atoms in total. The predicted molar refractivity (Wildman–Crippen MR) is 151 cm³/mol. The van der Waals surface area contributed by atoms with Crippen molar-refractivity contribution in [3.8, 4) is 6.07 Å². The number of carbonyl (C=O) groups is 1. The number of aryl methyl sites for hydroxylation is 1. The van der Waals surface area contributed by atoms with Gasteiger partial charge in [0, 0.05) is 25.3 Å². The smallest absolute Gasteiger partial charge is 0.340 e. The molecule has 0 amide bonds. The number of benzene rings is 2. The Morgan fingerprint density at radius 3 is 2.53 bits per heavy atom. The fourth-order valence-electron chi connectivity index (χ4n) is 4.82. The van der Waals surface area contributed by atoms with Gasteiger partial charge in [-0.2, -0.15) is 5.26 Å². The minimum absolute atomic E-state index is 0.0677. The number of ether oxygens (including phenoxy) is 1. The average molecular weight is 516 g/mol. The van der Waals surface area contributed by atoms with Gasteiger partial charge in [-0.1, -0.05) is 32.0 Å². The summed E-state index contributed by atoms with van der Waals surface area (Å²) in [6.45, 7) is 13.9. The van der Waals surface area contributed by atoms with Crippen LogP contribution in [-0.2, 0) is 11.2 Å². The zero-order valence-electron chi connectivity index (χ0n) is 23.2. The van der Waals surface area contributed by atoms with E-state index in [1.807, 2.05) is 56.9 Å². The van der Waals surface area contributed by atoms with Crippen LogP contribution in [0.25, 0.3) is 11.0 Å². The SMILES string of the molecule is Cc1cc(CCNc2ccccc2C(=O)OC(C)(C)C)c2oc(N3CCC(C)(C)CC3)c(C#N)c(=O)c2c1. The van der Waals surface area contributed by atoms with Gasteiger partial charge in [-0.25, -0.2) is 4.79 Å². The number of nitriles is 1. The van der Waals surface area contributed by atoms with Crippen LogP contribution < -0.4 is 15.6 Å². The molecule has 38 heavy (non-hydrogen) atoms. The van der Waals surface area contributed by atoms with E-state index in [1.54, 1.807) is 12.1 Å². The van der Waals surface area contributed by atoms with Crippen molar-refractivity contribution in [3.05, 3.63) is 68.9 Å². The Hall–Kier alpha value is -3.79. The van der Waals surface area contributed by atoms with Gasteiger partial charge in [0.2, 0.25) is 11.3 Å². The van der Waals surface area contributed by atoms with Crippen molar-refractivity contribution in [2.75, 3.05) is 29.9 Å². The Morgan fingerprint density at radius 2 is 1.87 bits per heavy atom. The number of carbonyl (C=O) groups excluding carboxylic acids is 1. The number of fused-ring (bicyclic) bond motifs is 1. The normalized spacial score (nSPS) is 15.2. The molecular weight excluding hydrogens is 478 g/mol. The number of hydrogen-bond acceptors (Lipinski definition) is 7. The topological polar surface area (TPSA) is 95.6 Å². The fraction of sp³-hybridized carbons (Fsp3) is 0.452. The molecule has 200 valence electrons. The molecule has 0 atom stereocenters. The van der Waals surface area contributed by atoms with Crippen LogP contribution in [0, 0.1) is 23.7 Å². The lowest BCUT2D eigenvalue weighted by Crippen LogP contribution is -2.38. The number of nitrogens with one attached hydrogen (secondary N) is 1. The molecule has 0 spiro atoms. The zero-order valence-corrected chi connectivity index (χ0v) is 23.2. The highest BCUT2D eigenvalue weighted by atomic mass is 16.6. The van der Waals surface area contributed by atoms with E-state index in [0.29, 0.717) is 41.1 Å². The summed E-state index contributed by atoms with van der Waals surface area (Å²) in [6, 6.07) is 13.2. The number of para-hydroxylation sites is 1. The largest absolute Gasteiger partial charge is 0.456 e. The molecule has 0 unspecified atom stereocenters. The van der Waals surface area contributed by atoms with Crippen molar-refractivity contribution in [1.82, 2.24) is 0 Å². The maximum atomic E-state index is 13.4. The summed E-state index contributed by atoms with van der Waals surface area (Å²) in [5.41, 5.74) is 2.88. The van der Waals surface area contributed by atoms with Crippen molar-refractivity contribution < 1.29 is 13.9 Å². The Morgan fingerprint density at radius 1 is 1.18 bits per heavy atom. The molecule has 0 aliphatic carbocycles. The lowest BCUT2D eigenvalue weighted by Gasteiger charge is -2.37. The maximum Gasteiger partial charge on any atom is 0.340 e. The first kappa shape index (κ1) is 27.3. The number of piperidine rings is 1. The molecule has 7 heteroatoms. The van der Waals surface area contributed by atoms with Gasteiger partial charge < -0.3 is 19.4 Å². The molecular formula is C31H37N3O4. The molecule has 4 rings (SSSR count). The Labute approximate surface area is 224 Å². The monoisotopic (exact) mass is 515 g/mol. The summed E-state index contributed by atoms with van der Waals surface area (Å²) in [5.74, 6) is -0.0141. The fourth-order valence-corrected chi connectivity index (χ4v) is 4.82. The number of nitrogens with zero attached hydrogens (tertiary/aromatic N) is 2. The van der Waals surface area contributed by atoms with Crippen LogP contribution >= 0.6 is 0 Å². The van der Waals surface area contributed by atoms with Crippen molar-refractivity contribution in [2.24, 2.45) is 5.41 Å². The zero-order chi connectivity index (χ0) is 27.7. The standard InChI is InChI=1S/C31H37N3O4/c1-20-17-21(11-14-33-25-10-8-7-9-22(25)29(36)38-30(2,3)4)27-23(18-20)26(35)24(19-32)28(37-27)34-15-12-31(5,6)13-16-34/h7-10,17-18,33H,11-16H2,1-6H3. The molecule has 0 saturated carbocycles. The van der Waals surface area contributed by atoms with Gasteiger partial charge in [-0.15, -0.1) is 0 Å². The lowest BCUT2D eigenvalue weighted by molar-refractivity contribution is 0.00706. The van der Waals surface area contributed by atoms with E-state index >= 15 is 0 Å². The molecule has 1 aliphatic rings. The number of esters is 1. The van der Waals surface area contributed by atoms with Gasteiger partial charge in [-0.05, 0) is 81.7 Å².